The van der Waals surface area contributed by atoms with Gasteiger partial charge in [-0.05, 0) is 6.42 Å². The average Bonchev–Trinajstić information content (AvgIpc) is 2.41. The molecule has 1 aromatic heterocycles. The van der Waals surface area contributed by atoms with E-state index in [1.165, 1.54) is 0 Å². The molecule has 0 saturated heterocycles. The standard InChI is InChI=1S/C11H20N6O2/c1-4-7-19-11-15-9(12)14-10(16-11)17(3)6-5-8(18)13-2/h4-7H2,1-3H3,(H,13,18)(H2,12,14,15,16). The molecule has 0 fully saturated rings. The smallest absolute Gasteiger partial charge is 0.323 e. The maximum Gasteiger partial charge on any atom is 0.323 e. The van der Waals surface area contributed by atoms with Crippen molar-refractivity contribution in [2.45, 2.75) is 19.8 Å². The topological polar surface area (TPSA) is 106 Å². The van der Waals surface area contributed by atoms with Gasteiger partial charge >= 0.3 is 6.01 Å². The predicted octanol–water partition coefficient (Wildman–Crippen LogP) is -0.185. The first kappa shape index (κ1) is 14.9. The van der Waals surface area contributed by atoms with E-state index in [9.17, 15) is 4.79 Å². The minimum atomic E-state index is -0.0451. The monoisotopic (exact) mass is 268 g/mol. The zero-order valence-corrected chi connectivity index (χ0v) is 11.5. The van der Waals surface area contributed by atoms with Crippen molar-refractivity contribution < 1.29 is 9.53 Å². The highest BCUT2D eigenvalue weighted by molar-refractivity contribution is 5.76. The van der Waals surface area contributed by atoms with Crippen molar-refractivity contribution in [2.75, 3.05) is 37.9 Å². The maximum atomic E-state index is 11.2. The van der Waals surface area contributed by atoms with Gasteiger partial charge in [0.15, 0.2) is 0 Å². The molecule has 0 aliphatic carbocycles. The van der Waals surface area contributed by atoms with E-state index in [-0.39, 0.29) is 17.9 Å². The normalized spacial score (nSPS) is 10.1. The second-order valence-electron chi connectivity index (χ2n) is 3.97. The molecule has 0 spiro atoms. The van der Waals surface area contributed by atoms with Crippen molar-refractivity contribution in [2.24, 2.45) is 0 Å². The fourth-order valence-corrected chi connectivity index (χ4v) is 1.28. The highest BCUT2D eigenvalue weighted by Gasteiger charge is 2.11. The molecule has 0 unspecified atom stereocenters. The summed E-state index contributed by atoms with van der Waals surface area (Å²) in [5.41, 5.74) is 5.60. The minimum Gasteiger partial charge on any atom is -0.463 e. The van der Waals surface area contributed by atoms with Crippen molar-refractivity contribution in [3.05, 3.63) is 0 Å². The molecule has 8 heteroatoms. The molecule has 106 valence electrons. The van der Waals surface area contributed by atoms with E-state index in [0.29, 0.717) is 25.5 Å². The number of amides is 1. The van der Waals surface area contributed by atoms with Crippen LogP contribution in [-0.2, 0) is 4.79 Å². The number of hydrogen-bond donors (Lipinski definition) is 2. The Morgan fingerprint density at radius 1 is 1.42 bits per heavy atom. The number of nitrogens with two attached hydrogens (primary N) is 1. The lowest BCUT2D eigenvalue weighted by Crippen LogP contribution is -2.27. The number of aromatic nitrogens is 3. The Labute approximate surface area is 112 Å². The lowest BCUT2D eigenvalue weighted by molar-refractivity contribution is -0.120. The quantitative estimate of drug-likeness (QED) is 0.706. The first-order chi connectivity index (χ1) is 9.06. The number of rotatable bonds is 7. The summed E-state index contributed by atoms with van der Waals surface area (Å²) in [7, 11) is 3.38. The molecule has 0 aromatic carbocycles. The third kappa shape index (κ3) is 4.94. The number of anilines is 2. The van der Waals surface area contributed by atoms with Crippen LogP contribution in [0.4, 0.5) is 11.9 Å². The summed E-state index contributed by atoms with van der Waals surface area (Å²) in [6, 6.07) is 0.205. The van der Waals surface area contributed by atoms with E-state index >= 15 is 0 Å². The Balaban J connectivity index is 2.70. The van der Waals surface area contributed by atoms with Crippen LogP contribution in [0.25, 0.3) is 0 Å². The van der Waals surface area contributed by atoms with E-state index in [1.54, 1.807) is 19.0 Å². The van der Waals surface area contributed by atoms with Gasteiger partial charge in [0.25, 0.3) is 0 Å². The number of carbonyl (C=O) groups excluding carboxylic acids is 1. The fraction of sp³-hybridized carbons (Fsp3) is 0.636. The molecule has 0 aliphatic heterocycles. The summed E-state index contributed by atoms with van der Waals surface area (Å²) in [6.07, 6.45) is 1.21. The summed E-state index contributed by atoms with van der Waals surface area (Å²) in [4.78, 5) is 25.0. The van der Waals surface area contributed by atoms with E-state index in [4.69, 9.17) is 10.5 Å². The summed E-state index contributed by atoms with van der Waals surface area (Å²) in [6.45, 7) is 2.99. The summed E-state index contributed by atoms with van der Waals surface area (Å²) in [5, 5.41) is 2.55. The maximum absolute atomic E-state index is 11.2. The summed E-state index contributed by atoms with van der Waals surface area (Å²) in [5.74, 6) is 0.446. The molecule has 0 radical (unpaired) electrons. The second kappa shape index (κ2) is 7.34. The van der Waals surface area contributed by atoms with Gasteiger partial charge < -0.3 is 20.7 Å². The molecule has 0 aliphatic rings. The van der Waals surface area contributed by atoms with Crippen LogP contribution in [0.5, 0.6) is 6.01 Å². The largest absolute Gasteiger partial charge is 0.463 e. The van der Waals surface area contributed by atoms with E-state index in [0.717, 1.165) is 6.42 Å². The van der Waals surface area contributed by atoms with E-state index in [1.807, 2.05) is 6.92 Å². The highest BCUT2D eigenvalue weighted by Crippen LogP contribution is 2.12. The van der Waals surface area contributed by atoms with Crippen LogP contribution in [-0.4, -0.2) is 48.1 Å². The molecule has 1 heterocycles. The predicted molar refractivity (Wildman–Crippen MR) is 72.0 cm³/mol. The molecule has 0 saturated carbocycles. The van der Waals surface area contributed by atoms with Crippen LogP contribution in [0.3, 0.4) is 0 Å². The van der Waals surface area contributed by atoms with Gasteiger partial charge in [0, 0.05) is 27.1 Å². The van der Waals surface area contributed by atoms with Crippen molar-refractivity contribution in [3.8, 4) is 6.01 Å². The Morgan fingerprint density at radius 2 is 2.16 bits per heavy atom. The molecule has 1 rings (SSSR count). The Morgan fingerprint density at radius 3 is 2.79 bits per heavy atom. The van der Waals surface area contributed by atoms with Crippen LogP contribution >= 0.6 is 0 Å². The number of nitrogens with zero attached hydrogens (tertiary/aromatic N) is 4. The van der Waals surface area contributed by atoms with Crippen molar-refractivity contribution in [1.82, 2.24) is 20.3 Å². The Bertz CT molecular complexity index is 426. The lowest BCUT2D eigenvalue weighted by Gasteiger charge is -2.17. The van der Waals surface area contributed by atoms with Gasteiger partial charge in [0.1, 0.15) is 0 Å². The number of nitrogens with one attached hydrogen (secondary N) is 1. The molecular weight excluding hydrogens is 248 g/mol. The Kier molecular flexibility index (Phi) is 5.77. The van der Waals surface area contributed by atoms with Gasteiger partial charge in [0.2, 0.25) is 17.8 Å². The highest BCUT2D eigenvalue weighted by atomic mass is 16.5. The third-order valence-corrected chi connectivity index (χ3v) is 2.35. The lowest BCUT2D eigenvalue weighted by atomic mass is 10.4. The molecule has 1 aromatic rings. The van der Waals surface area contributed by atoms with Crippen LogP contribution in [0.2, 0.25) is 0 Å². The molecule has 1 amide bonds. The zero-order valence-electron chi connectivity index (χ0n) is 11.5. The van der Waals surface area contributed by atoms with E-state index < -0.39 is 0 Å². The van der Waals surface area contributed by atoms with Gasteiger partial charge in [-0.3, -0.25) is 4.79 Å². The van der Waals surface area contributed by atoms with Gasteiger partial charge in [-0.25, -0.2) is 0 Å². The van der Waals surface area contributed by atoms with Crippen LogP contribution in [0, 0.1) is 0 Å². The number of carbonyl (C=O) groups is 1. The van der Waals surface area contributed by atoms with Gasteiger partial charge in [-0.15, -0.1) is 0 Å². The molecular formula is C11H20N6O2. The van der Waals surface area contributed by atoms with Crippen LogP contribution in [0.15, 0.2) is 0 Å². The SMILES string of the molecule is CCCOc1nc(N)nc(N(C)CCC(=O)NC)n1. The molecule has 0 bridgehead atoms. The van der Waals surface area contributed by atoms with Crippen molar-refractivity contribution in [1.29, 1.82) is 0 Å². The van der Waals surface area contributed by atoms with Gasteiger partial charge in [-0.1, -0.05) is 6.92 Å². The first-order valence-electron chi connectivity index (χ1n) is 6.12. The van der Waals surface area contributed by atoms with Crippen molar-refractivity contribution >= 4 is 17.8 Å². The molecule has 8 nitrogen and oxygen atoms in total. The summed E-state index contributed by atoms with van der Waals surface area (Å²) >= 11 is 0. The zero-order chi connectivity index (χ0) is 14.3. The van der Waals surface area contributed by atoms with E-state index in [2.05, 4.69) is 20.3 Å². The average molecular weight is 268 g/mol. The number of hydrogen-bond acceptors (Lipinski definition) is 7. The summed E-state index contributed by atoms with van der Waals surface area (Å²) < 4.78 is 5.33. The second-order valence-corrected chi connectivity index (χ2v) is 3.97. The molecule has 0 atom stereocenters. The van der Waals surface area contributed by atoms with Crippen molar-refractivity contribution in [3.63, 3.8) is 0 Å². The van der Waals surface area contributed by atoms with Crippen LogP contribution in [0.1, 0.15) is 19.8 Å². The first-order valence-corrected chi connectivity index (χ1v) is 6.12. The minimum absolute atomic E-state index is 0.0451. The Hall–Kier alpha value is -2.12. The fourth-order valence-electron chi connectivity index (χ4n) is 1.28. The molecule has 3 N–H and O–H groups in total. The van der Waals surface area contributed by atoms with Gasteiger partial charge in [-0.2, -0.15) is 15.0 Å². The third-order valence-electron chi connectivity index (χ3n) is 2.35. The number of ether oxygens (including phenoxy) is 1. The molecule has 19 heavy (non-hydrogen) atoms. The van der Waals surface area contributed by atoms with Gasteiger partial charge in [0.05, 0.1) is 6.61 Å². The van der Waals surface area contributed by atoms with Crippen LogP contribution < -0.4 is 20.7 Å². The number of nitrogen functional groups attached to an aromatic ring is 1.